The average Bonchev–Trinajstić information content (AvgIpc) is 2.83. The summed E-state index contributed by atoms with van der Waals surface area (Å²) in [5.41, 5.74) is 2.58. The maximum absolute atomic E-state index is 11.7. The lowest BCUT2D eigenvalue weighted by atomic mass is 10.1. The molecule has 11 heteroatoms. The second-order valence-electron chi connectivity index (χ2n) is 9.10. The zero-order chi connectivity index (χ0) is 24.6. The minimum absolute atomic E-state index is 0.151. The van der Waals surface area contributed by atoms with Gasteiger partial charge < -0.3 is 19.3 Å². The highest BCUT2D eigenvalue weighted by Crippen LogP contribution is 2.31. The van der Waals surface area contributed by atoms with Crippen LogP contribution >= 0.6 is 0 Å². The van der Waals surface area contributed by atoms with E-state index in [0.29, 0.717) is 55.9 Å². The van der Waals surface area contributed by atoms with Crippen LogP contribution in [0, 0.1) is 0 Å². The second-order valence-corrected chi connectivity index (χ2v) is 10.9. The zero-order valence-electron chi connectivity index (χ0n) is 20.1. The molecule has 0 radical (unpaired) electrons. The van der Waals surface area contributed by atoms with E-state index in [9.17, 15) is 8.42 Å². The molecule has 2 aromatic heterocycles. The van der Waals surface area contributed by atoms with Crippen LogP contribution in [0.4, 0.5) is 17.5 Å². The Hall–Kier alpha value is -3.02. The van der Waals surface area contributed by atoms with Crippen LogP contribution in [-0.2, 0) is 19.5 Å². The molecular weight excluding hydrogens is 468 g/mol. The highest BCUT2D eigenvalue weighted by atomic mass is 32.2. The summed E-state index contributed by atoms with van der Waals surface area (Å²) in [7, 11) is -3.38. The standard InChI is InChI=1S/C24H30N6O4S/c1-16-14-33-11-9-29(16)23-20-7-8-21(18-5-4-6-19(13-18)28-35(3,31)32)25-22(20)26-24(27-23)30-10-12-34-15-17(30)2/h4-8,13,16-17,28H,9-12,14-15H2,1-3H3. The van der Waals surface area contributed by atoms with Crippen LogP contribution in [0.2, 0.25) is 0 Å². The molecule has 4 heterocycles. The van der Waals surface area contributed by atoms with E-state index in [4.69, 9.17) is 24.4 Å². The Balaban J connectivity index is 1.61. The van der Waals surface area contributed by atoms with Gasteiger partial charge in [0.25, 0.3) is 0 Å². The lowest BCUT2D eigenvalue weighted by Crippen LogP contribution is -2.46. The van der Waals surface area contributed by atoms with Crippen molar-refractivity contribution in [3.8, 4) is 11.3 Å². The lowest BCUT2D eigenvalue weighted by molar-refractivity contribution is 0.0973. The molecule has 186 valence electrons. The predicted molar refractivity (Wildman–Crippen MR) is 136 cm³/mol. The first-order valence-corrected chi connectivity index (χ1v) is 13.6. The van der Waals surface area contributed by atoms with Gasteiger partial charge in [0.1, 0.15) is 5.82 Å². The number of ether oxygens (including phenoxy) is 2. The van der Waals surface area contributed by atoms with Gasteiger partial charge in [0.15, 0.2) is 5.65 Å². The van der Waals surface area contributed by atoms with Gasteiger partial charge in [-0.05, 0) is 38.1 Å². The molecule has 35 heavy (non-hydrogen) atoms. The number of fused-ring (bicyclic) bond motifs is 1. The lowest BCUT2D eigenvalue weighted by Gasteiger charge is -2.37. The fourth-order valence-electron chi connectivity index (χ4n) is 4.51. The average molecular weight is 499 g/mol. The Morgan fingerprint density at radius 3 is 2.34 bits per heavy atom. The van der Waals surface area contributed by atoms with Crippen LogP contribution in [-0.4, -0.2) is 81.2 Å². The number of anilines is 3. The van der Waals surface area contributed by atoms with Gasteiger partial charge in [0.05, 0.1) is 55.8 Å². The first-order chi connectivity index (χ1) is 16.8. The molecule has 1 N–H and O–H groups in total. The van der Waals surface area contributed by atoms with E-state index in [2.05, 4.69) is 28.4 Å². The fourth-order valence-corrected chi connectivity index (χ4v) is 5.07. The normalized spacial score (nSPS) is 21.3. The van der Waals surface area contributed by atoms with Crippen molar-refractivity contribution in [3.63, 3.8) is 0 Å². The van der Waals surface area contributed by atoms with Crippen molar-refractivity contribution in [1.29, 1.82) is 0 Å². The van der Waals surface area contributed by atoms with Gasteiger partial charge in [-0.1, -0.05) is 12.1 Å². The van der Waals surface area contributed by atoms with Crippen molar-refractivity contribution < 1.29 is 17.9 Å². The summed E-state index contributed by atoms with van der Waals surface area (Å²) in [5, 5.41) is 0.873. The van der Waals surface area contributed by atoms with Gasteiger partial charge in [-0.15, -0.1) is 0 Å². The van der Waals surface area contributed by atoms with E-state index < -0.39 is 10.0 Å². The van der Waals surface area contributed by atoms with E-state index in [1.807, 2.05) is 18.2 Å². The molecule has 0 bridgehead atoms. The maximum atomic E-state index is 11.7. The summed E-state index contributed by atoms with van der Waals surface area (Å²) in [4.78, 5) is 19.2. The number of rotatable bonds is 5. The Morgan fingerprint density at radius 2 is 1.66 bits per heavy atom. The molecule has 1 aromatic carbocycles. The summed E-state index contributed by atoms with van der Waals surface area (Å²) in [6, 6.07) is 11.4. The summed E-state index contributed by atoms with van der Waals surface area (Å²) in [6.07, 6.45) is 1.13. The molecule has 0 spiro atoms. The van der Waals surface area contributed by atoms with Crippen molar-refractivity contribution in [2.75, 3.05) is 60.3 Å². The molecule has 0 aliphatic carbocycles. The van der Waals surface area contributed by atoms with Gasteiger partial charge in [0, 0.05) is 24.3 Å². The van der Waals surface area contributed by atoms with E-state index in [1.54, 1.807) is 18.2 Å². The number of hydrogen-bond acceptors (Lipinski definition) is 9. The molecule has 3 aromatic rings. The topological polar surface area (TPSA) is 110 Å². The van der Waals surface area contributed by atoms with Crippen LogP contribution in [0.3, 0.4) is 0 Å². The number of sulfonamides is 1. The third kappa shape index (κ3) is 5.16. The minimum atomic E-state index is -3.38. The molecule has 0 saturated carbocycles. The fraction of sp³-hybridized carbons (Fsp3) is 0.458. The van der Waals surface area contributed by atoms with Crippen LogP contribution in [0.1, 0.15) is 13.8 Å². The molecular formula is C24H30N6O4S. The third-order valence-corrected chi connectivity index (χ3v) is 6.86. The Morgan fingerprint density at radius 1 is 0.943 bits per heavy atom. The molecule has 5 rings (SSSR count). The largest absolute Gasteiger partial charge is 0.377 e. The van der Waals surface area contributed by atoms with Crippen LogP contribution in [0.15, 0.2) is 36.4 Å². The first kappa shape index (κ1) is 23.7. The van der Waals surface area contributed by atoms with Crippen LogP contribution in [0.25, 0.3) is 22.3 Å². The number of nitrogens with one attached hydrogen (secondary N) is 1. The Kier molecular flexibility index (Phi) is 6.47. The van der Waals surface area contributed by atoms with Crippen LogP contribution in [0.5, 0.6) is 0 Å². The maximum Gasteiger partial charge on any atom is 0.229 e. The van der Waals surface area contributed by atoms with Gasteiger partial charge >= 0.3 is 0 Å². The number of benzene rings is 1. The quantitative estimate of drug-likeness (QED) is 0.567. The predicted octanol–water partition coefficient (Wildman–Crippen LogP) is 2.51. The first-order valence-electron chi connectivity index (χ1n) is 11.7. The van der Waals surface area contributed by atoms with Gasteiger partial charge in [-0.25, -0.2) is 13.4 Å². The number of pyridine rings is 1. The molecule has 2 aliphatic heterocycles. The van der Waals surface area contributed by atoms with Crippen molar-refractivity contribution in [2.45, 2.75) is 25.9 Å². The second kappa shape index (κ2) is 9.56. The molecule has 10 nitrogen and oxygen atoms in total. The molecule has 2 saturated heterocycles. The van der Waals surface area contributed by atoms with Crippen molar-refractivity contribution >= 4 is 38.5 Å². The highest BCUT2D eigenvalue weighted by molar-refractivity contribution is 7.92. The Bertz CT molecular complexity index is 1330. The van der Waals surface area contributed by atoms with Gasteiger partial charge in [-0.2, -0.15) is 9.97 Å². The Labute approximate surface area is 205 Å². The third-order valence-electron chi connectivity index (χ3n) is 6.25. The summed E-state index contributed by atoms with van der Waals surface area (Å²) in [6.45, 7) is 8.22. The summed E-state index contributed by atoms with van der Waals surface area (Å²) in [5.74, 6) is 1.49. The van der Waals surface area contributed by atoms with Crippen molar-refractivity contribution in [3.05, 3.63) is 36.4 Å². The number of morpholine rings is 2. The molecule has 2 unspecified atom stereocenters. The molecule has 2 fully saturated rings. The van der Waals surface area contributed by atoms with Crippen molar-refractivity contribution in [1.82, 2.24) is 15.0 Å². The highest BCUT2D eigenvalue weighted by Gasteiger charge is 2.27. The molecule has 2 atom stereocenters. The van der Waals surface area contributed by atoms with Crippen LogP contribution < -0.4 is 14.5 Å². The minimum Gasteiger partial charge on any atom is -0.377 e. The van der Waals surface area contributed by atoms with E-state index >= 15 is 0 Å². The smallest absolute Gasteiger partial charge is 0.229 e. The molecule has 2 aliphatic rings. The summed E-state index contributed by atoms with van der Waals surface area (Å²) >= 11 is 0. The number of aromatic nitrogens is 3. The van der Waals surface area contributed by atoms with Gasteiger partial charge in [-0.3, -0.25) is 4.72 Å². The number of nitrogens with zero attached hydrogens (tertiary/aromatic N) is 5. The van der Waals surface area contributed by atoms with E-state index in [-0.39, 0.29) is 12.1 Å². The van der Waals surface area contributed by atoms with E-state index in [1.165, 1.54) is 0 Å². The number of hydrogen-bond donors (Lipinski definition) is 1. The summed E-state index contributed by atoms with van der Waals surface area (Å²) < 4.78 is 37.2. The monoisotopic (exact) mass is 498 g/mol. The SMILES string of the molecule is CC1COCCN1c1nc(N2CCOCC2C)c2ccc(-c3cccc(NS(C)(=O)=O)c3)nc2n1. The van der Waals surface area contributed by atoms with Crippen molar-refractivity contribution in [2.24, 2.45) is 0 Å². The van der Waals surface area contributed by atoms with E-state index in [0.717, 1.165) is 29.6 Å². The molecule has 0 amide bonds. The zero-order valence-corrected chi connectivity index (χ0v) is 21.0. The van der Waals surface area contributed by atoms with Gasteiger partial charge in [0.2, 0.25) is 16.0 Å².